The zero-order valence-corrected chi connectivity index (χ0v) is 31.4. The normalized spacial score (nSPS) is 11.9. The zero-order chi connectivity index (χ0) is 37.5. The molecule has 5 nitrogen and oxygen atoms in total. The zero-order valence-electron chi connectivity index (χ0n) is 30.5. The lowest BCUT2D eigenvalue weighted by molar-refractivity contribution is 0.953. The molecule has 0 bridgehead atoms. The summed E-state index contributed by atoms with van der Waals surface area (Å²) in [4.78, 5) is 15.7. The average Bonchev–Trinajstić information content (AvgIpc) is 3.94. The molecule has 8 aromatic carbocycles. The van der Waals surface area contributed by atoms with Crippen LogP contribution in [0, 0.1) is 0 Å². The molecule has 0 fully saturated rings. The number of fused-ring (bicyclic) bond motifs is 9. The van der Waals surface area contributed by atoms with Crippen molar-refractivity contribution in [3.8, 4) is 45.5 Å². The molecule has 0 spiro atoms. The second-order valence-electron chi connectivity index (χ2n) is 14.4. The Hall–Kier alpha value is -7.41. The van der Waals surface area contributed by atoms with E-state index in [0.717, 1.165) is 49.7 Å². The minimum atomic E-state index is 0.577. The fraction of sp³-hybridized carbons (Fsp3) is 0. The first kappa shape index (κ1) is 31.9. The van der Waals surface area contributed by atoms with Crippen LogP contribution >= 0.6 is 11.3 Å². The molecule has 0 saturated carbocycles. The largest absolute Gasteiger partial charge is 0.309 e. The standard InChI is InChI=1S/C51H31N5S/c1-3-14-32(15-4-1)49-52-50(34-26-28-39-37-18-7-10-23-43(37)55(46(39)31-34)35-16-5-2-6-17-35)54-51(53-49)56-44-24-11-8-19-38(44)42-30-33(27-29-45(42)56)36-21-13-22-41-40-20-9-12-25-47(40)57-48(36)41/h1-31H. The van der Waals surface area contributed by atoms with E-state index < -0.39 is 0 Å². The molecule has 6 heteroatoms. The first-order chi connectivity index (χ1) is 28.3. The van der Waals surface area contributed by atoms with Gasteiger partial charge in [0.15, 0.2) is 11.6 Å². The van der Waals surface area contributed by atoms with Crippen LogP contribution in [-0.2, 0) is 0 Å². The maximum absolute atomic E-state index is 5.31. The maximum Gasteiger partial charge on any atom is 0.238 e. The molecule has 0 saturated heterocycles. The van der Waals surface area contributed by atoms with Crippen molar-refractivity contribution >= 4 is 75.1 Å². The van der Waals surface area contributed by atoms with Gasteiger partial charge in [-0.25, -0.2) is 4.98 Å². The predicted molar refractivity (Wildman–Crippen MR) is 238 cm³/mol. The average molecular weight is 746 g/mol. The number of aromatic nitrogens is 5. The summed E-state index contributed by atoms with van der Waals surface area (Å²) >= 11 is 1.86. The Labute approximate surface area is 331 Å². The summed E-state index contributed by atoms with van der Waals surface area (Å²) in [7, 11) is 0. The molecule has 0 aliphatic heterocycles. The van der Waals surface area contributed by atoms with Gasteiger partial charge in [0.05, 0.1) is 22.1 Å². The van der Waals surface area contributed by atoms with Crippen molar-refractivity contribution in [2.75, 3.05) is 0 Å². The number of benzene rings is 8. The van der Waals surface area contributed by atoms with E-state index in [1.807, 2.05) is 29.5 Å². The van der Waals surface area contributed by atoms with Crippen molar-refractivity contribution in [2.24, 2.45) is 0 Å². The van der Waals surface area contributed by atoms with Gasteiger partial charge in [-0.3, -0.25) is 4.57 Å². The van der Waals surface area contributed by atoms with Crippen LogP contribution in [0.5, 0.6) is 0 Å². The minimum absolute atomic E-state index is 0.577. The summed E-state index contributed by atoms with van der Waals surface area (Å²) in [5.41, 5.74) is 9.72. The van der Waals surface area contributed by atoms with Gasteiger partial charge in [-0.05, 0) is 59.7 Å². The second kappa shape index (κ2) is 12.6. The molecule has 0 N–H and O–H groups in total. The molecule has 0 atom stereocenters. The van der Waals surface area contributed by atoms with Crippen LogP contribution in [0.2, 0.25) is 0 Å². The molecular weight excluding hydrogens is 715 g/mol. The Bertz CT molecular complexity index is 3520. The third-order valence-electron chi connectivity index (χ3n) is 11.2. The van der Waals surface area contributed by atoms with Gasteiger partial charge in [-0.1, -0.05) is 140 Å². The smallest absolute Gasteiger partial charge is 0.238 e. The van der Waals surface area contributed by atoms with Crippen molar-refractivity contribution in [3.63, 3.8) is 0 Å². The van der Waals surface area contributed by atoms with Gasteiger partial charge in [0.2, 0.25) is 5.95 Å². The lowest BCUT2D eigenvalue weighted by Crippen LogP contribution is -2.06. The van der Waals surface area contributed by atoms with Crippen LogP contribution in [-0.4, -0.2) is 24.1 Å². The highest BCUT2D eigenvalue weighted by Crippen LogP contribution is 2.42. The van der Waals surface area contributed by atoms with Crippen molar-refractivity contribution in [1.82, 2.24) is 24.1 Å². The lowest BCUT2D eigenvalue weighted by atomic mass is 10.0. The monoisotopic (exact) mass is 745 g/mol. The van der Waals surface area contributed by atoms with E-state index in [4.69, 9.17) is 15.0 Å². The molecule has 266 valence electrons. The summed E-state index contributed by atoms with van der Waals surface area (Å²) in [6.45, 7) is 0. The molecular formula is C51H31N5S. The van der Waals surface area contributed by atoms with Crippen molar-refractivity contribution < 1.29 is 0 Å². The molecule has 12 aromatic rings. The van der Waals surface area contributed by atoms with Crippen molar-refractivity contribution in [3.05, 3.63) is 188 Å². The Kier molecular flexibility index (Phi) is 7.03. The highest BCUT2D eigenvalue weighted by atomic mass is 32.1. The molecule has 4 heterocycles. The van der Waals surface area contributed by atoms with Crippen molar-refractivity contribution in [2.45, 2.75) is 0 Å². The van der Waals surface area contributed by atoms with Gasteiger partial charge in [0.25, 0.3) is 0 Å². The number of thiophene rings is 1. The topological polar surface area (TPSA) is 48.5 Å². The summed E-state index contributed by atoms with van der Waals surface area (Å²) in [6.07, 6.45) is 0. The number of rotatable bonds is 5. The van der Waals surface area contributed by atoms with Crippen LogP contribution < -0.4 is 0 Å². The van der Waals surface area contributed by atoms with Gasteiger partial charge in [0, 0.05) is 58.5 Å². The van der Waals surface area contributed by atoms with E-state index in [9.17, 15) is 0 Å². The number of hydrogen-bond acceptors (Lipinski definition) is 4. The van der Waals surface area contributed by atoms with Crippen LogP contribution in [0.25, 0.3) is 109 Å². The van der Waals surface area contributed by atoms with Gasteiger partial charge in [-0.2, -0.15) is 9.97 Å². The molecule has 0 aliphatic carbocycles. The third-order valence-corrected chi connectivity index (χ3v) is 12.4. The maximum atomic E-state index is 5.31. The fourth-order valence-electron chi connectivity index (χ4n) is 8.61. The van der Waals surface area contributed by atoms with Gasteiger partial charge < -0.3 is 4.57 Å². The molecule has 12 rings (SSSR count). The predicted octanol–water partition coefficient (Wildman–Crippen LogP) is 13.4. The Morgan fingerprint density at radius 1 is 0.351 bits per heavy atom. The van der Waals surface area contributed by atoms with E-state index in [0.29, 0.717) is 17.6 Å². The van der Waals surface area contributed by atoms with Gasteiger partial charge >= 0.3 is 0 Å². The van der Waals surface area contributed by atoms with E-state index in [-0.39, 0.29) is 0 Å². The van der Waals surface area contributed by atoms with Crippen molar-refractivity contribution in [1.29, 1.82) is 0 Å². The summed E-state index contributed by atoms with van der Waals surface area (Å²) in [5.74, 6) is 1.82. The first-order valence-electron chi connectivity index (χ1n) is 19.1. The second-order valence-corrected chi connectivity index (χ2v) is 15.5. The van der Waals surface area contributed by atoms with E-state index >= 15 is 0 Å². The van der Waals surface area contributed by atoms with Crippen LogP contribution in [0.3, 0.4) is 0 Å². The van der Waals surface area contributed by atoms with Gasteiger partial charge in [-0.15, -0.1) is 11.3 Å². The van der Waals surface area contributed by atoms with E-state index in [1.54, 1.807) is 0 Å². The molecule has 4 aromatic heterocycles. The van der Waals surface area contributed by atoms with Crippen LogP contribution in [0.15, 0.2) is 188 Å². The number of para-hydroxylation sites is 3. The third kappa shape index (κ3) is 4.98. The van der Waals surface area contributed by atoms with E-state index in [1.165, 1.54) is 42.1 Å². The summed E-state index contributed by atoms with van der Waals surface area (Å²) < 4.78 is 7.14. The Morgan fingerprint density at radius 3 is 1.75 bits per heavy atom. The first-order valence-corrected chi connectivity index (χ1v) is 19.9. The Balaban J connectivity index is 1.09. The summed E-state index contributed by atoms with van der Waals surface area (Å²) in [5, 5.41) is 7.28. The van der Waals surface area contributed by atoms with E-state index in [2.05, 4.69) is 179 Å². The van der Waals surface area contributed by atoms with Crippen LogP contribution in [0.4, 0.5) is 0 Å². The molecule has 0 aliphatic rings. The molecule has 57 heavy (non-hydrogen) atoms. The SMILES string of the molecule is c1ccc(-c2nc(-c3ccc4c5ccccc5n(-c5ccccc5)c4c3)nc(-n3c4ccccc4c4cc(-c5cccc6c5sc5ccccc56)ccc43)n2)cc1. The highest BCUT2D eigenvalue weighted by Gasteiger charge is 2.20. The molecule has 0 unspecified atom stereocenters. The Morgan fingerprint density at radius 2 is 0.947 bits per heavy atom. The quantitative estimate of drug-likeness (QED) is 0.176. The highest BCUT2D eigenvalue weighted by molar-refractivity contribution is 7.26. The van der Waals surface area contributed by atoms with Crippen LogP contribution in [0.1, 0.15) is 0 Å². The number of nitrogens with zero attached hydrogens (tertiary/aromatic N) is 5. The van der Waals surface area contributed by atoms with Gasteiger partial charge in [0.1, 0.15) is 0 Å². The fourth-order valence-corrected chi connectivity index (χ4v) is 9.84. The molecule has 0 amide bonds. The minimum Gasteiger partial charge on any atom is -0.309 e. The summed E-state index contributed by atoms with van der Waals surface area (Å²) in [6, 6.07) is 66.6. The number of hydrogen-bond donors (Lipinski definition) is 0. The lowest BCUT2D eigenvalue weighted by Gasteiger charge is -2.12. The molecule has 0 radical (unpaired) electrons.